The van der Waals surface area contributed by atoms with Crippen LogP contribution in [-0.2, 0) is 4.74 Å². The molecule has 5 rings (SSSR count). The van der Waals surface area contributed by atoms with Crippen molar-refractivity contribution in [3.63, 3.8) is 0 Å². The summed E-state index contributed by atoms with van der Waals surface area (Å²) in [6.45, 7) is -1.45. The Kier molecular flexibility index (Phi) is 3.85. The van der Waals surface area contributed by atoms with Gasteiger partial charge in [0.2, 0.25) is 0 Å². The van der Waals surface area contributed by atoms with E-state index in [-0.39, 0.29) is 17.7 Å². The zero-order valence-corrected chi connectivity index (χ0v) is 14.5. The Balaban J connectivity index is 1.54. The zero-order chi connectivity index (χ0) is 18.5. The molecule has 2 saturated heterocycles. The van der Waals surface area contributed by atoms with Crippen molar-refractivity contribution in [1.82, 2.24) is 15.0 Å². The van der Waals surface area contributed by atoms with Crippen LogP contribution in [0.1, 0.15) is 31.0 Å². The van der Waals surface area contributed by atoms with E-state index in [1.807, 2.05) is 6.07 Å². The second-order valence-corrected chi connectivity index (χ2v) is 7.23. The number of aromatic nitrogens is 3. The second-order valence-electron chi connectivity index (χ2n) is 7.23. The summed E-state index contributed by atoms with van der Waals surface area (Å²) in [6, 6.07) is 3.66. The number of morpholine rings is 1. The quantitative estimate of drug-likeness (QED) is 0.859. The Labute approximate surface area is 154 Å². The highest BCUT2D eigenvalue weighted by Gasteiger charge is 2.40. The predicted molar refractivity (Wildman–Crippen MR) is 93.8 cm³/mol. The van der Waals surface area contributed by atoms with Gasteiger partial charge in [-0.05, 0) is 25.3 Å². The summed E-state index contributed by atoms with van der Waals surface area (Å²) in [5.41, 5.74) is 6.86. The lowest BCUT2D eigenvalue weighted by Gasteiger charge is -2.28. The number of nitrogen functional groups attached to an aromatic ring is 1. The monoisotopic (exact) mass is 375 g/mol. The number of halogens is 2. The summed E-state index contributed by atoms with van der Waals surface area (Å²) in [4.78, 5) is 15.7. The number of anilines is 2. The fourth-order valence-electron chi connectivity index (χ4n) is 3.74. The van der Waals surface area contributed by atoms with Crippen LogP contribution >= 0.6 is 0 Å². The molecule has 2 N–H and O–H groups in total. The van der Waals surface area contributed by atoms with Crippen LogP contribution in [0.5, 0.6) is 5.75 Å². The molecule has 2 aliphatic heterocycles. The van der Waals surface area contributed by atoms with Crippen molar-refractivity contribution in [2.75, 3.05) is 23.8 Å². The minimum atomic E-state index is -2.97. The van der Waals surface area contributed by atoms with Gasteiger partial charge in [0.1, 0.15) is 11.6 Å². The molecule has 0 radical (unpaired) electrons. The van der Waals surface area contributed by atoms with Gasteiger partial charge in [-0.25, -0.2) is 15.0 Å². The molecule has 0 unspecified atom stereocenters. The van der Waals surface area contributed by atoms with Crippen molar-refractivity contribution in [2.45, 2.75) is 43.9 Å². The molecule has 9 heteroatoms. The summed E-state index contributed by atoms with van der Waals surface area (Å²) >= 11 is 0. The van der Waals surface area contributed by atoms with Crippen molar-refractivity contribution in [3.05, 3.63) is 24.2 Å². The summed E-state index contributed by atoms with van der Waals surface area (Å²) < 4.78 is 35.4. The summed E-state index contributed by atoms with van der Waals surface area (Å²) in [7, 11) is 0. The maximum Gasteiger partial charge on any atom is 0.387 e. The van der Waals surface area contributed by atoms with Crippen LogP contribution < -0.4 is 15.4 Å². The molecule has 2 bridgehead atoms. The Morgan fingerprint density at radius 1 is 1.26 bits per heavy atom. The number of alkyl halides is 2. The molecule has 1 saturated carbocycles. The molecule has 27 heavy (non-hydrogen) atoms. The number of hydrogen-bond donors (Lipinski definition) is 1. The molecule has 1 aliphatic carbocycles. The van der Waals surface area contributed by atoms with Gasteiger partial charge in [0.25, 0.3) is 0 Å². The van der Waals surface area contributed by atoms with Gasteiger partial charge in [-0.15, -0.1) is 0 Å². The van der Waals surface area contributed by atoms with Crippen LogP contribution in [0, 0.1) is 0 Å². The standard InChI is InChI=1S/C18H19F2N5O2/c19-18(20)27-14-3-10(6-22-16(14)21)13-5-15(24-17(23-13)9-1-2-9)25-7-12-4-11(25)8-26-12/h3,5-6,9,11-12,18H,1-2,4,7-8H2,(H2,21,22)/t11-,12-/m0/s1. The molecule has 4 heterocycles. The lowest BCUT2D eigenvalue weighted by Crippen LogP contribution is -2.37. The molecule has 7 nitrogen and oxygen atoms in total. The Hall–Kier alpha value is -2.55. The molecular formula is C18H19F2N5O2. The van der Waals surface area contributed by atoms with Crippen molar-refractivity contribution in [3.8, 4) is 17.0 Å². The third-order valence-electron chi connectivity index (χ3n) is 5.26. The van der Waals surface area contributed by atoms with Crippen LogP contribution in [0.25, 0.3) is 11.3 Å². The second kappa shape index (κ2) is 6.26. The summed E-state index contributed by atoms with van der Waals surface area (Å²) in [5, 5.41) is 0. The SMILES string of the molecule is Nc1ncc(-c2cc(N3C[C@@H]4C[C@H]3CO4)nc(C3CC3)n2)cc1OC(F)F. The number of fused-ring (bicyclic) bond motifs is 2. The molecule has 0 amide bonds. The fourth-order valence-corrected chi connectivity index (χ4v) is 3.74. The topological polar surface area (TPSA) is 86.4 Å². The zero-order valence-electron chi connectivity index (χ0n) is 14.5. The number of pyridine rings is 1. The molecule has 3 aliphatic rings. The van der Waals surface area contributed by atoms with Crippen molar-refractivity contribution < 1.29 is 18.3 Å². The largest absolute Gasteiger partial charge is 0.431 e. The van der Waals surface area contributed by atoms with Crippen LogP contribution in [-0.4, -0.2) is 46.9 Å². The number of nitrogens with zero attached hydrogens (tertiary/aromatic N) is 4. The normalized spacial score (nSPS) is 24.0. The molecule has 142 valence electrons. The van der Waals surface area contributed by atoms with Gasteiger partial charge in [-0.1, -0.05) is 0 Å². The molecular weight excluding hydrogens is 356 g/mol. The van der Waals surface area contributed by atoms with Crippen LogP contribution in [0.4, 0.5) is 20.4 Å². The Morgan fingerprint density at radius 3 is 2.78 bits per heavy atom. The number of nitrogens with two attached hydrogens (primary N) is 1. The highest BCUT2D eigenvalue weighted by atomic mass is 19.3. The first-order chi connectivity index (χ1) is 13.1. The summed E-state index contributed by atoms with van der Waals surface area (Å²) in [6.07, 6.45) is 4.92. The van der Waals surface area contributed by atoms with E-state index < -0.39 is 6.61 Å². The van der Waals surface area contributed by atoms with Gasteiger partial charge in [0.15, 0.2) is 11.6 Å². The van der Waals surface area contributed by atoms with Gasteiger partial charge in [-0.3, -0.25) is 0 Å². The van der Waals surface area contributed by atoms with Gasteiger partial charge < -0.3 is 20.1 Å². The van der Waals surface area contributed by atoms with E-state index in [0.29, 0.717) is 29.8 Å². The van der Waals surface area contributed by atoms with Crippen molar-refractivity contribution in [2.24, 2.45) is 0 Å². The molecule has 2 atom stereocenters. The molecule has 2 aromatic rings. The van der Waals surface area contributed by atoms with Crippen molar-refractivity contribution in [1.29, 1.82) is 0 Å². The predicted octanol–water partition coefficient (Wildman–Crippen LogP) is 2.58. The van der Waals surface area contributed by atoms with E-state index in [9.17, 15) is 8.78 Å². The lowest BCUT2D eigenvalue weighted by atomic mass is 10.1. The minimum absolute atomic E-state index is 0.0789. The maximum absolute atomic E-state index is 12.6. The van der Waals surface area contributed by atoms with Gasteiger partial charge in [0.05, 0.1) is 24.4 Å². The first-order valence-electron chi connectivity index (χ1n) is 9.05. The number of rotatable bonds is 5. The third kappa shape index (κ3) is 3.16. The van der Waals surface area contributed by atoms with E-state index >= 15 is 0 Å². The minimum Gasteiger partial charge on any atom is -0.431 e. The maximum atomic E-state index is 12.6. The van der Waals surface area contributed by atoms with Crippen LogP contribution in [0.3, 0.4) is 0 Å². The first-order valence-corrected chi connectivity index (χ1v) is 9.05. The number of hydrogen-bond acceptors (Lipinski definition) is 7. The van der Waals surface area contributed by atoms with E-state index in [4.69, 9.17) is 15.5 Å². The highest BCUT2D eigenvalue weighted by molar-refractivity contribution is 5.67. The smallest absolute Gasteiger partial charge is 0.387 e. The average Bonchev–Trinajstić information content (AvgIpc) is 3.29. The van der Waals surface area contributed by atoms with Crippen LogP contribution in [0.15, 0.2) is 18.3 Å². The Bertz CT molecular complexity index is 877. The average molecular weight is 375 g/mol. The van der Waals surface area contributed by atoms with Crippen LogP contribution in [0.2, 0.25) is 0 Å². The van der Waals surface area contributed by atoms with Gasteiger partial charge in [-0.2, -0.15) is 8.78 Å². The van der Waals surface area contributed by atoms with E-state index in [2.05, 4.69) is 19.6 Å². The number of ether oxygens (including phenoxy) is 2. The molecule has 2 aromatic heterocycles. The Morgan fingerprint density at radius 2 is 2.11 bits per heavy atom. The van der Waals surface area contributed by atoms with E-state index in [0.717, 1.165) is 37.4 Å². The van der Waals surface area contributed by atoms with E-state index in [1.165, 1.54) is 12.3 Å². The van der Waals surface area contributed by atoms with Gasteiger partial charge >= 0.3 is 6.61 Å². The lowest BCUT2D eigenvalue weighted by molar-refractivity contribution is -0.0494. The fraction of sp³-hybridized carbons (Fsp3) is 0.500. The molecule has 3 fully saturated rings. The summed E-state index contributed by atoms with van der Waals surface area (Å²) in [5.74, 6) is 1.78. The molecule has 0 aromatic carbocycles. The molecule has 0 spiro atoms. The van der Waals surface area contributed by atoms with Crippen molar-refractivity contribution >= 4 is 11.6 Å². The highest BCUT2D eigenvalue weighted by Crippen LogP contribution is 2.41. The first kappa shape index (κ1) is 16.6. The van der Waals surface area contributed by atoms with E-state index in [1.54, 1.807) is 0 Å². The van der Waals surface area contributed by atoms with Gasteiger partial charge in [0, 0.05) is 30.3 Å². The third-order valence-corrected chi connectivity index (χ3v) is 5.26.